The molecule has 0 radical (unpaired) electrons. The number of aromatic nitrogens is 2. The number of hydrogen-bond acceptors (Lipinski definition) is 3. The molecule has 4 heteroatoms. The Labute approximate surface area is 107 Å². The third-order valence-electron chi connectivity index (χ3n) is 3.95. The normalized spacial score (nSPS) is 16.4. The third-order valence-corrected chi connectivity index (χ3v) is 3.95. The maximum Gasteiger partial charge on any atom is 0.0672 e. The van der Waals surface area contributed by atoms with Gasteiger partial charge in [0.25, 0.3) is 0 Å². The molecule has 1 aliphatic carbocycles. The Bertz CT molecular complexity index is 526. The number of anilines is 2. The van der Waals surface area contributed by atoms with Gasteiger partial charge in [0.05, 0.1) is 23.1 Å². The van der Waals surface area contributed by atoms with Crippen LogP contribution in [0.25, 0.3) is 10.9 Å². The summed E-state index contributed by atoms with van der Waals surface area (Å²) in [5.41, 5.74) is 8.89. The van der Waals surface area contributed by atoms with E-state index in [1.165, 1.54) is 32.1 Å². The molecule has 0 saturated heterocycles. The van der Waals surface area contributed by atoms with E-state index in [0.717, 1.165) is 34.7 Å². The summed E-state index contributed by atoms with van der Waals surface area (Å²) in [7, 11) is 0. The minimum absolute atomic E-state index is 0.801. The largest absolute Gasteiger partial charge is 0.397 e. The Balaban J connectivity index is 1.64. The zero-order chi connectivity index (χ0) is 12.4. The summed E-state index contributed by atoms with van der Waals surface area (Å²) < 4.78 is 0. The number of aromatic amines is 1. The van der Waals surface area contributed by atoms with Gasteiger partial charge in [0.2, 0.25) is 0 Å². The number of hydrogen-bond donors (Lipinski definition) is 3. The molecular weight excluding hydrogens is 224 g/mol. The van der Waals surface area contributed by atoms with Gasteiger partial charge in [0, 0.05) is 11.9 Å². The maximum absolute atomic E-state index is 6.04. The first kappa shape index (κ1) is 11.4. The van der Waals surface area contributed by atoms with Crippen LogP contribution < -0.4 is 11.1 Å². The van der Waals surface area contributed by atoms with Crippen LogP contribution in [-0.2, 0) is 0 Å². The lowest BCUT2D eigenvalue weighted by molar-refractivity contribution is 0.519. The molecule has 0 unspecified atom stereocenters. The molecule has 0 amide bonds. The standard InChI is InChI=1S/C14H20N4/c15-12-7-11-9-17-18-13(11)8-14(12)16-6-5-10-3-1-2-4-10/h7-10,16H,1-6,15H2,(H,17,18). The zero-order valence-electron chi connectivity index (χ0n) is 10.6. The molecule has 0 bridgehead atoms. The van der Waals surface area contributed by atoms with Gasteiger partial charge in [-0.1, -0.05) is 25.7 Å². The molecule has 4 nitrogen and oxygen atoms in total. The lowest BCUT2D eigenvalue weighted by Crippen LogP contribution is -2.08. The van der Waals surface area contributed by atoms with E-state index in [1.807, 2.05) is 12.1 Å². The SMILES string of the molecule is Nc1cc2cn[nH]c2cc1NCCC1CCCC1. The molecular formula is C14H20N4. The molecule has 1 saturated carbocycles. The second-order valence-corrected chi connectivity index (χ2v) is 5.26. The molecule has 1 aliphatic rings. The summed E-state index contributed by atoms with van der Waals surface area (Å²) in [5, 5.41) is 11.5. The van der Waals surface area contributed by atoms with Crippen LogP contribution in [0.5, 0.6) is 0 Å². The van der Waals surface area contributed by atoms with Gasteiger partial charge in [-0.25, -0.2) is 0 Å². The van der Waals surface area contributed by atoms with Gasteiger partial charge in [0.1, 0.15) is 0 Å². The van der Waals surface area contributed by atoms with Crippen molar-refractivity contribution in [3.8, 4) is 0 Å². The summed E-state index contributed by atoms with van der Waals surface area (Å²) in [4.78, 5) is 0. The fourth-order valence-electron chi connectivity index (χ4n) is 2.87. The second kappa shape index (κ2) is 4.88. The Morgan fingerprint density at radius 1 is 1.33 bits per heavy atom. The lowest BCUT2D eigenvalue weighted by Gasteiger charge is -2.12. The number of H-pyrrole nitrogens is 1. The molecule has 1 fully saturated rings. The Morgan fingerprint density at radius 2 is 2.17 bits per heavy atom. The smallest absolute Gasteiger partial charge is 0.0672 e. The highest BCUT2D eigenvalue weighted by Crippen LogP contribution is 2.28. The van der Waals surface area contributed by atoms with Crippen LogP contribution in [0.2, 0.25) is 0 Å². The van der Waals surface area contributed by atoms with Crippen molar-refractivity contribution in [2.45, 2.75) is 32.1 Å². The molecule has 2 aromatic rings. The molecule has 0 atom stereocenters. The van der Waals surface area contributed by atoms with E-state index in [2.05, 4.69) is 15.5 Å². The summed E-state index contributed by atoms with van der Waals surface area (Å²) in [6.07, 6.45) is 8.67. The first-order chi connectivity index (χ1) is 8.83. The molecule has 4 N–H and O–H groups in total. The molecule has 0 spiro atoms. The predicted octanol–water partition coefficient (Wildman–Crippen LogP) is 3.14. The molecule has 0 aliphatic heterocycles. The summed E-state index contributed by atoms with van der Waals surface area (Å²) >= 11 is 0. The molecule has 1 aromatic heterocycles. The third kappa shape index (κ3) is 2.28. The number of fused-ring (bicyclic) bond motifs is 1. The first-order valence-electron chi connectivity index (χ1n) is 6.79. The molecule has 18 heavy (non-hydrogen) atoms. The summed E-state index contributed by atoms with van der Waals surface area (Å²) in [6, 6.07) is 4.02. The predicted molar refractivity (Wildman–Crippen MR) is 75.6 cm³/mol. The van der Waals surface area contributed by atoms with Crippen LogP contribution in [0.15, 0.2) is 18.3 Å². The van der Waals surface area contributed by atoms with Crippen LogP contribution in [0.3, 0.4) is 0 Å². The fraction of sp³-hybridized carbons (Fsp3) is 0.500. The van der Waals surface area contributed by atoms with Crippen LogP contribution >= 0.6 is 0 Å². The number of rotatable bonds is 4. The van der Waals surface area contributed by atoms with E-state index < -0.39 is 0 Å². The van der Waals surface area contributed by atoms with Gasteiger partial charge in [-0.15, -0.1) is 0 Å². The number of benzene rings is 1. The highest BCUT2D eigenvalue weighted by atomic mass is 15.1. The van der Waals surface area contributed by atoms with Gasteiger partial charge < -0.3 is 11.1 Å². The lowest BCUT2D eigenvalue weighted by atomic mass is 10.0. The van der Waals surface area contributed by atoms with Gasteiger partial charge in [-0.3, -0.25) is 5.10 Å². The Kier molecular flexibility index (Phi) is 3.09. The molecule has 3 rings (SSSR count). The van der Waals surface area contributed by atoms with Crippen LogP contribution in [-0.4, -0.2) is 16.7 Å². The van der Waals surface area contributed by atoms with E-state index in [0.29, 0.717) is 0 Å². The highest BCUT2D eigenvalue weighted by molar-refractivity contribution is 5.88. The van der Waals surface area contributed by atoms with Crippen molar-refractivity contribution >= 4 is 22.3 Å². The number of nitrogen functional groups attached to an aromatic ring is 1. The zero-order valence-corrected chi connectivity index (χ0v) is 10.6. The van der Waals surface area contributed by atoms with E-state index in [4.69, 9.17) is 5.73 Å². The van der Waals surface area contributed by atoms with Crippen LogP contribution in [0, 0.1) is 5.92 Å². The van der Waals surface area contributed by atoms with Gasteiger partial charge in [-0.2, -0.15) is 5.10 Å². The van der Waals surface area contributed by atoms with Crippen molar-refractivity contribution in [2.24, 2.45) is 5.92 Å². The molecule has 96 valence electrons. The topological polar surface area (TPSA) is 66.7 Å². The second-order valence-electron chi connectivity index (χ2n) is 5.26. The van der Waals surface area contributed by atoms with E-state index >= 15 is 0 Å². The molecule has 1 aromatic carbocycles. The maximum atomic E-state index is 6.04. The first-order valence-corrected chi connectivity index (χ1v) is 6.79. The van der Waals surface area contributed by atoms with Crippen molar-refractivity contribution in [2.75, 3.05) is 17.6 Å². The highest BCUT2D eigenvalue weighted by Gasteiger charge is 2.14. The minimum Gasteiger partial charge on any atom is -0.397 e. The van der Waals surface area contributed by atoms with Crippen molar-refractivity contribution < 1.29 is 0 Å². The number of nitrogens with zero attached hydrogens (tertiary/aromatic N) is 1. The van der Waals surface area contributed by atoms with E-state index in [9.17, 15) is 0 Å². The van der Waals surface area contributed by atoms with Crippen LogP contribution in [0.4, 0.5) is 11.4 Å². The average molecular weight is 244 g/mol. The van der Waals surface area contributed by atoms with Gasteiger partial charge in [-0.05, 0) is 24.5 Å². The minimum atomic E-state index is 0.801. The number of nitrogens with one attached hydrogen (secondary N) is 2. The Morgan fingerprint density at radius 3 is 3.00 bits per heavy atom. The monoisotopic (exact) mass is 244 g/mol. The summed E-state index contributed by atoms with van der Waals surface area (Å²) in [6.45, 7) is 1.01. The van der Waals surface area contributed by atoms with Crippen LogP contribution in [0.1, 0.15) is 32.1 Å². The number of nitrogens with two attached hydrogens (primary N) is 1. The summed E-state index contributed by atoms with van der Waals surface area (Å²) in [5.74, 6) is 0.912. The van der Waals surface area contributed by atoms with Crippen molar-refractivity contribution in [3.05, 3.63) is 18.3 Å². The van der Waals surface area contributed by atoms with E-state index in [-0.39, 0.29) is 0 Å². The average Bonchev–Trinajstić information content (AvgIpc) is 3.00. The van der Waals surface area contributed by atoms with Crippen molar-refractivity contribution in [1.82, 2.24) is 10.2 Å². The quantitative estimate of drug-likeness (QED) is 0.724. The van der Waals surface area contributed by atoms with Crippen molar-refractivity contribution in [3.63, 3.8) is 0 Å². The molecule has 1 heterocycles. The van der Waals surface area contributed by atoms with Crippen molar-refractivity contribution in [1.29, 1.82) is 0 Å². The Hall–Kier alpha value is -1.71. The van der Waals surface area contributed by atoms with Gasteiger partial charge >= 0.3 is 0 Å². The van der Waals surface area contributed by atoms with Gasteiger partial charge in [0.15, 0.2) is 0 Å². The fourth-order valence-corrected chi connectivity index (χ4v) is 2.87. The van der Waals surface area contributed by atoms with E-state index in [1.54, 1.807) is 6.20 Å².